The Hall–Kier alpha value is -3.11. The van der Waals surface area contributed by atoms with Crippen molar-refractivity contribution in [3.63, 3.8) is 0 Å². The van der Waals surface area contributed by atoms with Crippen LogP contribution in [0.4, 0.5) is 23.9 Å². The summed E-state index contributed by atoms with van der Waals surface area (Å²) in [4.78, 5) is 13.4. The van der Waals surface area contributed by atoms with Gasteiger partial charge in [0.1, 0.15) is 16.3 Å². The lowest BCUT2D eigenvalue weighted by molar-refractivity contribution is -0.274. The van der Waals surface area contributed by atoms with Gasteiger partial charge in [0.2, 0.25) is 0 Å². The van der Waals surface area contributed by atoms with Gasteiger partial charge in [-0.1, -0.05) is 30.3 Å². The van der Waals surface area contributed by atoms with Crippen LogP contribution in [-0.2, 0) is 4.74 Å². The number of hydrogen-bond donors (Lipinski definition) is 2. The number of esters is 1. The summed E-state index contributed by atoms with van der Waals surface area (Å²) in [6, 6.07) is 14.5. The van der Waals surface area contributed by atoms with Gasteiger partial charge in [-0.3, -0.25) is 0 Å². The monoisotopic (exact) mass is 466 g/mol. The molecule has 0 aliphatic carbocycles. The molecule has 1 aromatic heterocycles. The first-order chi connectivity index (χ1) is 14.7. The van der Waals surface area contributed by atoms with Gasteiger partial charge in [-0.05, 0) is 49.0 Å². The van der Waals surface area contributed by atoms with Crippen LogP contribution in [0.1, 0.15) is 15.2 Å². The molecule has 0 spiro atoms. The van der Waals surface area contributed by atoms with Crippen LogP contribution in [0.5, 0.6) is 5.75 Å². The zero-order valence-electron chi connectivity index (χ0n) is 16.4. The molecular formula is C21H17F3N2O3S2. The summed E-state index contributed by atoms with van der Waals surface area (Å²) in [5, 5.41) is 6.52. The summed E-state index contributed by atoms with van der Waals surface area (Å²) in [6.07, 6.45) is -4.76. The molecule has 0 bridgehead atoms. The molecule has 2 N–H and O–H groups in total. The molecule has 0 radical (unpaired) electrons. The fourth-order valence-electron chi connectivity index (χ4n) is 2.89. The van der Waals surface area contributed by atoms with Crippen molar-refractivity contribution in [2.45, 2.75) is 13.3 Å². The predicted molar refractivity (Wildman–Crippen MR) is 119 cm³/mol. The summed E-state index contributed by atoms with van der Waals surface area (Å²) in [5.74, 6) is -0.853. The fourth-order valence-corrected chi connectivity index (χ4v) is 4.24. The molecule has 10 heteroatoms. The first kappa shape index (κ1) is 22.6. The number of carbonyl (C=O) groups is 1. The molecule has 0 saturated heterocycles. The van der Waals surface area contributed by atoms with E-state index in [1.165, 1.54) is 42.7 Å². The van der Waals surface area contributed by atoms with Gasteiger partial charge in [0, 0.05) is 16.1 Å². The van der Waals surface area contributed by atoms with Crippen molar-refractivity contribution in [1.82, 2.24) is 0 Å². The third kappa shape index (κ3) is 5.74. The van der Waals surface area contributed by atoms with E-state index in [1.54, 1.807) is 0 Å². The molecule has 1 heterocycles. The van der Waals surface area contributed by atoms with Gasteiger partial charge in [-0.15, -0.1) is 24.5 Å². The van der Waals surface area contributed by atoms with Crippen LogP contribution in [-0.4, -0.2) is 24.6 Å². The van der Waals surface area contributed by atoms with Crippen molar-refractivity contribution in [2.75, 3.05) is 17.7 Å². The van der Waals surface area contributed by atoms with Crippen LogP contribution in [0.3, 0.4) is 0 Å². The summed E-state index contributed by atoms with van der Waals surface area (Å²) < 4.78 is 45.6. The molecule has 0 aliphatic heterocycles. The van der Waals surface area contributed by atoms with Crippen molar-refractivity contribution >= 4 is 45.3 Å². The summed E-state index contributed by atoms with van der Waals surface area (Å²) in [7, 11) is 1.30. The number of aryl methyl sites for hydroxylation is 1. The van der Waals surface area contributed by atoms with Gasteiger partial charge in [-0.25, -0.2) is 4.79 Å². The maximum absolute atomic E-state index is 12.5. The standard InChI is InChI=1S/C21H17F3N2O3S2/c1-12-16(13-6-4-3-5-7-13)17(19(27)28-2)18(31-12)26-20(30)25-14-8-10-15(11-9-14)29-21(22,23)24/h3-11H,1-2H3,(H2,25,26,30). The van der Waals surface area contributed by atoms with E-state index in [0.29, 0.717) is 16.3 Å². The Morgan fingerprint density at radius 3 is 2.26 bits per heavy atom. The van der Waals surface area contributed by atoms with E-state index in [9.17, 15) is 18.0 Å². The summed E-state index contributed by atoms with van der Waals surface area (Å²) >= 11 is 6.65. The number of hydrogen-bond acceptors (Lipinski definition) is 5. The highest BCUT2D eigenvalue weighted by Gasteiger charge is 2.31. The Balaban J connectivity index is 1.81. The first-order valence-corrected chi connectivity index (χ1v) is 10.1. The molecule has 0 amide bonds. The second-order valence-corrected chi connectivity index (χ2v) is 7.88. The number of ether oxygens (including phenoxy) is 2. The molecule has 31 heavy (non-hydrogen) atoms. The topological polar surface area (TPSA) is 59.6 Å². The zero-order chi connectivity index (χ0) is 22.6. The molecule has 0 fully saturated rings. The highest BCUT2D eigenvalue weighted by Crippen LogP contribution is 2.40. The van der Waals surface area contributed by atoms with Crippen LogP contribution in [0.15, 0.2) is 54.6 Å². The Labute approximate surface area is 185 Å². The number of methoxy groups -OCH3 is 1. The van der Waals surface area contributed by atoms with Crippen LogP contribution in [0, 0.1) is 6.92 Å². The van der Waals surface area contributed by atoms with Crippen molar-refractivity contribution in [3.8, 4) is 16.9 Å². The van der Waals surface area contributed by atoms with Gasteiger partial charge in [0.15, 0.2) is 5.11 Å². The third-order valence-electron chi connectivity index (χ3n) is 4.11. The fraction of sp³-hybridized carbons (Fsp3) is 0.143. The van der Waals surface area contributed by atoms with Gasteiger partial charge in [0.05, 0.1) is 7.11 Å². The molecule has 3 rings (SSSR count). The number of carbonyl (C=O) groups excluding carboxylic acids is 1. The second kappa shape index (κ2) is 9.36. The molecule has 162 valence electrons. The second-order valence-electron chi connectivity index (χ2n) is 6.25. The molecule has 0 aliphatic rings. The maximum atomic E-state index is 12.5. The molecule has 2 aromatic carbocycles. The average molecular weight is 467 g/mol. The van der Waals surface area contributed by atoms with Crippen molar-refractivity contribution in [1.29, 1.82) is 0 Å². The van der Waals surface area contributed by atoms with Gasteiger partial charge in [0.25, 0.3) is 0 Å². The number of thiophene rings is 1. The SMILES string of the molecule is COC(=O)c1c(NC(=S)Nc2ccc(OC(F)(F)F)cc2)sc(C)c1-c1ccccc1. The lowest BCUT2D eigenvalue weighted by Crippen LogP contribution is -2.20. The summed E-state index contributed by atoms with van der Waals surface area (Å²) in [5.41, 5.74) is 2.41. The first-order valence-electron chi connectivity index (χ1n) is 8.89. The quantitative estimate of drug-likeness (QED) is 0.344. The van der Waals surface area contributed by atoms with E-state index in [4.69, 9.17) is 17.0 Å². The van der Waals surface area contributed by atoms with E-state index in [0.717, 1.165) is 16.0 Å². The van der Waals surface area contributed by atoms with Gasteiger partial charge < -0.3 is 20.1 Å². The largest absolute Gasteiger partial charge is 0.573 e. The normalized spacial score (nSPS) is 11.0. The molecular weight excluding hydrogens is 449 g/mol. The van der Waals surface area contributed by atoms with Crippen molar-refractivity contribution < 1.29 is 27.4 Å². The molecule has 0 atom stereocenters. The highest BCUT2D eigenvalue weighted by molar-refractivity contribution is 7.80. The maximum Gasteiger partial charge on any atom is 0.573 e. The smallest absolute Gasteiger partial charge is 0.465 e. The predicted octanol–water partition coefficient (Wildman–Crippen LogP) is 6.22. The van der Waals surface area contributed by atoms with Crippen LogP contribution >= 0.6 is 23.6 Å². The Morgan fingerprint density at radius 1 is 1.03 bits per heavy atom. The lowest BCUT2D eigenvalue weighted by atomic mass is 10.0. The number of rotatable bonds is 5. The highest BCUT2D eigenvalue weighted by atomic mass is 32.1. The van der Waals surface area contributed by atoms with Crippen LogP contribution in [0.2, 0.25) is 0 Å². The van der Waals surface area contributed by atoms with Gasteiger partial charge >= 0.3 is 12.3 Å². The number of nitrogens with one attached hydrogen (secondary N) is 2. The minimum absolute atomic E-state index is 0.163. The number of benzene rings is 2. The van der Waals surface area contributed by atoms with E-state index in [-0.39, 0.29) is 10.9 Å². The van der Waals surface area contributed by atoms with Crippen molar-refractivity contribution in [3.05, 3.63) is 65.0 Å². The van der Waals surface area contributed by atoms with E-state index in [1.807, 2.05) is 37.3 Å². The Morgan fingerprint density at radius 2 is 1.68 bits per heavy atom. The van der Waals surface area contributed by atoms with E-state index in [2.05, 4.69) is 15.4 Å². The third-order valence-corrected chi connectivity index (χ3v) is 5.33. The number of alkyl halides is 3. The molecule has 5 nitrogen and oxygen atoms in total. The minimum Gasteiger partial charge on any atom is -0.465 e. The number of anilines is 2. The van der Waals surface area contributed by atoms with Crippen LogP contribution < -0.4 is 15.4 Å². The van der Waals surface area contributed by atoms with Crippen molar-refractivity contribution in [2.24, 2.45) is 0 Å². The summed E-state index contributed by atoms with van der Waals surface area (Å²) in [6.45, 7) is 1.89. The van der Waals surface area contributed by atoms with Gasteiger partial charge in [-0.2, -0.15) is 0 Å². The average Bonchev–Trinajstić information content (AvgIpc) is 3.03. The van der Waals surface area contributed by atoms with E-state index >= 15 is 0 Å². The minimum atomic E-state index is -4.76. The molecule has 3 aromatic rings. The Kier molecular flexibility index (Phi) is 6.81. The zero-order valence-corrected chi connectivity index (χ0v) is 18.0. The molecule has 0 unspecified atom stereocenters. The number of halogens is 3. The molecule has 0 saturated carbocycles. The van der Waals surface area contributed by atoms with Crippen LogP contribution in [0.25, 0.3) is 11.1 Å². The Bertz CT molecular complexity index is 1080. The number of thiocarbonyl (C=S) groups is 1. The van der Waals surface area contributed by atoms with E-state index < -0.39 is 12.3 Å². The lowest BCUT2D eigenvalue weighted by Gasteiger charge is -2.12.